The third-order valence-electron chi connectivity index (χ3n) is 3.62. The first kappa shape index (κ1) is 16.4. The van der Waals surface area contributed by atoms with Crippen LogP contribution in [-0.2, 0) is 10.0 Å². The second kappa shape index (κ2) is 6.58. The fourth-order valence-electron chi connectivity index (χ4n) is 2.33. The molecule has 3 rings (SSSR count). The average molecular weight is 349 g/mol. The molecule has 0 bridgehead atoms. The van der Waals surface area contributed by atoms with Crippen LogP contribution in [0.25, 0.3) is 0 Å². The van der Waals surface area contributed by atoms with Crippen molar-refractivity contribution >= 4 is 10.0 Å². The SMILES string of the molecule is Cc1cc(S(=O)(=O)NCC(c2ccco2)n2cccn2)ccc1F. The van der Waals surface area contributed by atoms with Gasteiger partial charge in [-0.1, -0.05) is 0 Å². The molecule has 0 fully saturated rings. The zero-order chi connectivity index (χ0) is 17.2. The van der Waals surface area contributed by atoms with Crippen molar-refractivity contribution in [3.05, 3.63) is 72.2 Å². The lowest BCUT2D eigenvalue weighted by Gasteiger charge is -2.16. The molecule has 0 saturated heterocycles. The van der Waals surface area contributed by atoms with Crippen molar-refractivity contribution in [2.45, 2.75) is 17.9 Å². The van der Waals surface area contributed by atoms with Gasteiger partial charge in [0, 0.05) is 18.9 Å². The van der Waals surface area contributed by atoms with Gasteiger partial charge in [0.2, 0.25) is 10.0 Å². The van der Waals surface area contributed by atoms with Crippen molar-refractivity contribution in [2.75, 3.05) is 6.54 Å². The minimum absolute atomic E-state index is 0.0139. The Kier molecular flexibility index (Phi) is 4.50. The fourth-order valence-corrected chi connectivity index (χ4v) is 3.45. The summed E-state index contributed by atoms with van der Waals surface area (Å²) < 4.78 is 47.7. The molecule has 0 aliphatic rings. The van der Waals surface area contributed by atoms with Crippen LogP contribution in [0.1, 0.15) is 17.4 Å². The van der Waals surface area contributed by atoms with E-state index < -0.39 is 21.9 Å². The van der Waals surface area contributed by atoms with Gasteiger partial charge in [-0.3, -0.25) is 4.68 Å². The summed E-state index contributed by atoms with van der Waals surface area (Å²) in [7, 11) is -3.78. The molecule has 6 nitrogen and oxygen atoms in total. The number of aryl methyl sites for hydroxylation is 1. The van der Waals surface area contributed by atoms with Crippen molar-refractivity contribution in [1.29, 1.82) is 0 Å². The van der Waals surface area contributed by atoms with Crippen LogP contribution >= 0.6 is 0 Å². The molecule has 1 unspecified atom stereocenters. The molecule has 0 aliphatic heterocycles. The number of aromatic nitrogens is 2. The van der Waals surface area contributed by atoms with E-state index in [2.05, 4.69) is 9.82 Å². The van der Waals surface area contributed by atoms with Crippen LogP contribution in [0, 0.1) is 12.7 Å². The standard InChI is InChI=1S/C16H16FN3O3S/c1-12-10-13(5-6-14(12)17)24(21,22)19-11-15(16-4-2-9-23-16)20-8-3-7-18-20/h2-10,15,19H,11H2,1H3. The highest BCUT2D eigenvalue weighted by Crippen LogP contribution is 2.19. The van der Waals surface area contributed by atoms with Crippen LogP contribution in [0.15, 0.2) is 64.4 Å². The molecule has 1 N–H and O–H groups in total. The second-order valence-corrected chi connectivity index (χ2v) is 7.05. The number of nitrogens with one attached hydrogen (secondary N) is 1. The van der Waals surface area contributed by atoms with E-state index in [-0.39, 0.29) is 17.0 Å². The predicted molar refractivity (Wildman–Crippen MR) is 85.4 cm³/mol. The largest absolute Gasteiger partial charge is 0.467 e. The lowest BCUT2D eigenvalue weighted by molar-refractivity contribution is 0.402. The number of hydrogen-bond acceptors (Lipinski definition) is 4. The topological polar surface area (TPSA) is 77.1 Å². The Bertz CT molecular complexity index is 872. The molecule has 126 valence electrons. The van der Waals surface area contributed by atoms with Crippen molar-refractivity contribution in [2.24, 2.45) is 0 Å². The molecular formula is C16H16FN3O3S. The lowest BCUT2D eigenvalue weighted by atomic mass is 10.2. The Labute approximate surface area is 139 Å². The van der Waals surface area contributed by atoms with E-state index in [1.165, 1.54) is 25.3 Å². The Balaban J connectivity index is 1.82. The Morgan fingerprint density at radius 3 is 2.79 bits per heavy atom. The smallest absolute Gasteiger partial charge is 0.240 e. The van der Waals surface area contributed by atoms with Crippen LogP contribution in [-0.4, -0.2) is 24.7 Å². The van der Waals surface area contributed by atoms with E-state index in [0.717, 1.165) is 6.07 Å². The molecule has 1 atom stereocenters. The summed E-state index contributed by atoms with van der Waals surface area (Å²) in [5.74, 6) is 0.135. The van der Waals surface area contributed by atoms with Gasteiger partial charge in [-0.05, 0) is 48.9 Å². The van der Waals surface area contributed by atoms with Gasteiger partial charge in [0.1, 0.15) is 17.6 Å². The summed E-state index contributed by atoms with van der Waals surface area (Å²) in [6.07, 6.45) is 4.85. The highest BCUT2D eigenvalue weighted by molar-refractivity contribution is 7.89. The summed E-state index contributed by atoms with van der Waals surface area (Å²) in [5.41, 5.74) is 0.271. The van der Waals surface area contributed by atoms with Crippen LogP contribution < -0.4 is 4.72 Å². The number of halogens is 1. The zero-order valence-electron chi connectivity index (χ0n) is 12.9. The molecular weight excluding hydrogens is 333 g/mol. The predicted octanol–water partition coefficient (Wildman–Crippen LogP) is 2.49. The van der Waals surface area contributed by atoms with Gasteiger partial charge in [0.05, 0.1) is 11.2 Å². The zero-order valence-corrected chi connectivity index (χ0v) is 13.7. The molecule has 1 aromatic carbocycles. The van der Waals surface area contributed by atoms with Crippen LogP contribution in [0.2, 0.25) is 0 Å². The molecule has 2 heterocycles. The maximum atomic E-state index is 13.3. The number of benzene rings is 1. The minimum atomic E-state index is -3.78. The highest BCUT2D eigenvalue weighted by atomic mass is 32.2. The monoisotopic (exact) mass is 349 g/mol. The quantitative estimate of drug-likeness (QED) is 0.742. The number of nitrogens with zero attached hydrogens (tertiary/aromatic N) is 2. The van der Waals surface area contributed by atoms with Gasteiger partial charge >= 0.3 is 0 Å². The first-order valence-electron chi connectivity index (χ1n) is 7.26. The summed E-state index contributed by atoms with van der Waals surface area (Å²) in [5, 5.41) is 4.14. The second-order valence-electron chi connectivity index (χ2n) is 5.28. The molecule has 3 aromatic rings. The third-order valence-corrected chi connectivity index (χ3v) is 5.04. The number of furan rings is 1. The van der Waals surface area contributed by atoms with Crippen molar-refractivity contribution in [3.8, 4) is 0 Å². The van der Waals surface area contributed by atoms with Crippen molar-refractivity contribution in [3.63, 3.8) is 0 Å². The van der Waals surface area contributed by atoms with Crippen LogP contribution in [0.3, 0.4) is 0 Å². The first-order valence-corrected chi connectivity index (χ1v) is 8.74. The van der Waals surface area contributed by atoms with Gasteiger partial charge in [0.15, 0.2) is 0 Å². The molecule has 24 heavy (non-hydrogen) atoms. The summed E-state index contributed by atoms with van der Waals surface area (Å²) in [4.78, 5) is 0.0139. The van der Waals surface area contributed by atoms with E-state index >= 15 is 0 Å². The summed E-state index contributed by atoms with van der Waals surface area (Å²) >= 11 is 0. The van der Waals surface area contributed by atoms with E-state index in [1.54, 1.807) is 35.3 Å². The minimum Gasteiger partial charge on any atom is -0.467 e. The van der Waals surface area contributed by atoms with E-state index in [4.69, 9.17) is 4.42 Å². The molecule has 0 spiro atoms. The first-order chi connectivity index (χ1) is 11.5. The van der Waals surface area contributed by atoms with Gasteiger partial charge in [0.25, 0.3) is 0 Å². The maximum Gasteiger partial charge on any atom is 0.240 e. The molecule has 0 aliphatic carbocycles. The molecule has 0 amide bonds. The van der Waals surface area contributed by atoms with Crippen molar-refractivity contribution in [1.82, 2.24) is 14.5 Å². The molecule has 2 aromatic heterocycles. The van der Waals surface area contributed by atoms with Gasteiger partial charge in [-0.15, -0.1) is 0 Å². The Morgan fingerprint density at radius 2 is 2.17 bits per heavy atom. The summed E-state index contributed by atoms with van der Waals surface area (Å²) in [6.45, 7) is 1.57. The van der Waals surface area contributed by atoms with E-state index in [9.17, 15) is 12.8 Å². The average Bonchev–Trinajstić information content (AvgIpc) is 3.24. The number of sulfonamides is 1. The van der Waals surface area contributed by atoms with Crippen molar-refractivity contribution < 1.29 is 17.2 Å². The van der Waals surface area contributed by atoms with Gasteiger partial charge < -0.3 is 4.42 Å². The van der Waals surface area contributed by atoms with E-state index in [0.29, 0.717) is 5.76 Å². The molecule has 0 radical (unpaired) electrons. The van der Waals surface area contributed by atoms with Crippen LogP contribution in [0.4, 0.5) is 4.39 Å². The normalized spacial score (nSPS) is 13.1. The van der Waals surface area contributed by atoms with E-state index in [1.807, 2.05) is 0 Å². The fraction of sp³-hybridized carbons (Fsp3) is 0.188. The molecule has 8 heteroatoms. The Morgan fingerprint density at radius 1 is 1.33 bits per heavy atom. The summed E-state index contributed by atoms with van der Waals surface area (Å²) in [6, 6.07) is 8.47. The van der Waals surface area contributed by atoms with Crippen LogP contribution in [0.5, 0.6) is 0 Å². The highest BCUT2D eigenvalue weighted by Gasteiger charge is 2.22. The molecule has 0 saturated carbocycles. The Hall–Kier alpha value is -2.45. The van der Waals surface area contributed by atoms with Gasteiger partial charge in [-0.25, -0.2) is 17.5 Å². The van der Waals surface area contributed by atoms with Gasteiger partial charge in [-0.2, -0.15) is 5.10 Å². The number of rotatable bonds is 6. The lowest BCUT2D eigenvalue weighted by Crippen LogP contribution is -2.31. The maximum absolute atomic E-state index is 13.3. The number of hydrogen-bond donors (Lipinski definition) is 1. The third kappa shape index (κ3) is 3.39.